The maximum Gasteiger partial charge on any atom is 3.00 e. The van der Waals surface area contributed by atoms with E-state index in [0.29, 0.717) is 11.5 Å². The molecule has 0 spiro atoms. The van der Waals surface area contributed by atoms with E-state index in [9.17, 15) is 0 Å². The molecule has 0 saturated heterocycles. The predicted molar refractivity (Wildman–Crippen MR) is 93.3 cm³/mol. The van der Waals surface area contributed by atoms with Gasteiger partial charge in [0.05, 0.1) is 11.5 Å². The van der Waals surface area contributed by atoms with E-state index in [1.54, 1.807) is 12.3 Å². The van der Waals surface area contributed by atoms with E-state index in [2.05, 4.69) is 72.6 Å². The average Bonchev–Trinajstić information content (AvgIpc) is 3.32. The molecule has 130 valence electrons. The van der Waals surface area contributed by atoms with Crippen LogP contribution in [0.15, 0.2) is 60.6 Å². The first-order valence-electron chi connectivity index (χ1n) is 7.68. The van der Waals surface area contributed by atoms with Crippen LogP contribution in [0.4, 0.5) is 5.69 Å². The zero-order valence-electron chi connectivity index (χ0n) is 13.8. The Bertz CT molecular complexity index is 906. The second kappa shape index (κ2) is 8.03. The number of hydrogen-bond acceptors (Lipinski definition) is 6. The number of fused-ring (bicyclic) bond motifs is 3. The summed E-state index contributed by atoms with van der Waals surface area (Å²) in [6.45, 7) is 2.06. The maximum absolute atomic E-state index is 4.02. The molecule has 0 amide bonds. The van der Waals surface area contributed by atoms with Crippen LogP contribution in [0.1, 0.15) is 5.56 Å². The number of allylic oxidation sites excluding steroid dienone is 1. The summed E-state index contributed by atoms with van der Waals surface area (Å²) < 4.78 is 0. The van der Waals surface area contributed by atoms with Gasteiger partial charge in [-0.3, -0.25) is 15.3 Å². The molecule has 0 saturated carbocycles. The third-order valence-electron chi connectivity index (χ3n) is 3.66. The van der Waals surface area contributed by atoms with E-state index in [1.165, 1.54) is 11.3 Å². The molecular formula is C18H14IrN7. The third kappa shape index (κ3) is 3.71. The molecule has 0 unspecified atom stereocenters. The van der Waals surface area contributed by atoms with Crippen molar-refractivity contribution in [1.82, 2.24) is 30.5 Å². The van der Waals surface area contributed by atoms with Gasteiger partial charge in [-0.05, 0) is 25.4 Å². The van der Waals surface area contributed by atoms with Gasteiger partial charge in [-0.2, -0.15) is 36.1 Å². The van der Waals surface area contributed by atoms with Crippen molar-refractivity contribution in [1.29, 1.82) is 0 Å². The van der Waals surface area contributed by atoms with Gasteiger partial charge in [0.15, 0.2) is 0 Å². The van der Waals surface area contributed by atoms with Gasteiger partial charge >= 0.3 is 20.1 Å². The molecule has 26 heavy (non-hydrogen) atoms. The van der Waals surface area contributed by atoms with Gasteiger partial charge < -0.3 is 14.9 Å². The normalized spacial score (nSPS) is 13.8. The number of hydrogen-bond donors (Lipinski definition) is 0. The Morgan fingerprint density at radius 2 is 2.08 bits per heavy atom. The first-order chi connectivity index (χ1) is 12.3. The molecule has 7 nitrogen and oxygen atoms in total. The van der Waals surface area contributed by atoms with Crippen LogP contribution in [0.25, 0.3) is 17.6 Å². The molecule has 3 aromatic rings. The summed E-state index contributed by atoms with van der Waals surface area (Å²) in [7, 11) is 2.03. The molecule has 0 atom stereocenters. The number of nitrogens with zero attached hydrogens (tertiary/aromatic N) is 7. The van der Waals surface area contributed by atoms with Crippen LogP contribution < -0.4 is 10.00 Å². The molecule has 0 radical (unpaired) electrons. The van der Waals surface area contributed by atoms with Crippen molar-refractivity contribution >= 4 is 11.8 Å². The standard InChI is InChI=1S/C12H10N2.C6H4N5.Ir/c1-13-8-11-7-6-10-4-2-3-5-12(10)14(11)9-13;1-2-4-7-5(3-1)6-8-10-11-9-6;/h2-4,6-9H,1H3;1-4H;/q-2;-1;+3. The molecule has 2 aliphatic heterocycles. The largest absolute Gasteiger partial charge is 3.00 e. The van der Waals surface area contributed by atoms with Crippen LogP contribution in [0.5, 0.6) is 0 Å². The molecule has 1 aromatic carbocycles. The molecule has 0 bridgehead atoms. The first kappa shape index (κ1) is 18.0. The van der Waals surface area contributed by atoms with Crippen molar-refractivity contribution in [3.63, 3.8) is 0 Å². The first-order valence-corrected chi connectivity index (χ1v) is 7.68. The minimum atomic E-state index is 0. The monoisotopic (exact) mass is 521 g/mol. The molecule has 0 aliphatic carbocycles. The molecule has 0 N–H and O–H groups in total. The van der Waals surface area contributed by atoms with E-state index in [-0.39, 0.29) is 20.1 Å². The van der Waals surface area contributed by atoms with Crippen LogP contribution in [0.2, 0.25) is 0 Å². The van der Waals surface area contributed by atoms with Crippen molar-refractivity contribution in [2.45, 2.75) is 0 Å². The third-order valence-corrected chi connectivity index (χ3v) is 3.66. The van der Waals surface area contributed by atoms with Crippen molar-refractivity contribution in [3.05, 3.63) is 78.9 Å². The summed E-state index contributed by atoms with van der Waals surface area (Å²) in [6.07, 6.45) is 8.02. The Morgan fingerprint density at radius 1 is 1.15 bits per heavy atom. The van der Waals surface area contributed by atoms with Gasteiger partial charge in [0.1, 0.15) is 0 Å². The summed E-state index contributed by atoms with van der Waals surface area (Å²) in [5, 5.41) is 14.0. The molecule has 0 fully saturated rings. The van der Waals surface area contributed by atoms with Gasteiger partial charge in [0.25, 0.3) is 0 Å². The Balaban J connectivity index is 0.000000149. The minimum Gasteiger partial charge on any atom is -0.510 e. The summed E-state index contributed by atoms with van der Waals surface area (Å²) in [6, 6.07) is 14.8. The van der Waals surface area contributed by atoms with Gasteiger partial charge in [0, 0.05) is 11.9 Å². The van der Waals surface area contributed by atoms with Gasteiger partial charge in [-0.15, -0.1) is 11.6 Å². The smallest absolute Gasteiger partial charge is 0.510 e. The number of pyridine rings is 1. The fourth-order valence-corrected chi connectivity index (χ4v) is 2.56. The average molecular weight is 521 g/mol. The van der Waals surface area contributed by atoms with Crippen LogP contribution in [0, 0.1) is 12.7 Å². The molecule has 2 aliphatic rings. The second-order valence-electron chi connectivity index (χ2n) is 5.43. The molecule has 5 rings (SSSR count). The zero-order valence-corrected chi connectivity index (χ0v) is 16.2. The van der Waals surface area contributed by atoms with Gasteiger partial charge in [-0.1, -0.05) is 17.8 Å². The summed E-state index contributed by atoms with van der Waals surface area (Å²) in [4.78, 5) is 8.22. The molecular weight excluding hydrogens is 506 g/mol. The maximum atomic E-state index is 4.02. The number of anilines is 1. The van der Waals surface area contributed by atoms with Crippen molar-refractivity contribution in [2.24, 2.45) is 0 Å². The van der Waals surface area contributed by atoms with E-state index >= 15 is 0 Å². The van der Waals surface area contributed by atoms with E-state index in [0.717, 1.165) is 5.69 Å². The van der Waals surface area contributed by atoms with E-state index < -0.39 is 0 Å². The van der Waals surface area contributed by atoms with Crippen molar-refractivity contribution in [2.75, 3.05) is 11.9 Å². The SMILES string of the molecule is CN1C=C2C=Cc3ccc[c-]c3N2[CH-]1.[Ir+3].c1ccc(-c2nnn[n-]2)nc1. The number of tetrazole rings is 1. The fraction of sp³-hybridized carbons (Fsp3) is 0.0556. The number of benzene rings is 1. The van der Waals surface area contributed by atoms with Crippen LogP contribution in [-0.2, 0) is 20.1 Å². The quantitative estimate of drug-likeness (QED) is 0.455. The van der Waals surface area contributed by atoms with Gasteiger partial charge in [-0.25, -0.2) is 0 Å². The van der Waals surface area contributed by atoms with E-state index in [1.807, 2.05) is 31.3 Å². The topological polar surface area (TPSA) is 72.1 Å². The Hall–Kier alpha value is -2.83. The number of rotatable bonds is 1. The zero-order chi connectivity index (χ0) is 17.1. The van der Waals surface area contributed by atoms with Crippen LogP contribution in [-0.4, -0.2) is 32.5 Å². The molecule has 2 aromatic heterocycles. The second-order valence-corrected chi connectivity index (χ2v) is 5.43. The summed E-state index contributed by atoms with van der Waals surface area (Å²) >= 11 is 0. The van der Waals surface area contributed by atoms with Crippen molar-refractivity contribution in [3.8, 4) is 11.5 Å². The van der Waals surface area contributed by atoms with Gasteiger partial charge in [0.2, 0.25) is 0 Å². The van der Waals surface area contributed by atoms with Crippen molar-refractivity contribution < 1.29 is 20.1 Å². The minimum absolute atomic E-state index is 0. The molecule has 4 heterocycles. The fourth-order valence-electron chi connectivity index (χ4n) is 2.56. The predicted octanol–water partition coefficient (Wildman–Crippen LogP) is 2.11. The summed E-state index contributed by atoms with van der Waals surface area (Å²) in [5.41, 5.74) is 4.24. The van der Waals surface area contributed by atoms with E-state index in [4.69, 9.17) is 0 Å². The Kier molecular flexibility index (Phi) is 5.55. The summed E-state index contributed by atoms with van der Waals surface area (Å²) in [5.74, 6) is 0.464. The Morgan fingerprint density at radius 3 is 2.85 bits per heavy atom. The Labute approximate surface area is 164 Å². The molecule has 8 heteroatoms. The van der Waals surface area contributed by atoms with Crippen LogP contribution >= 0.6 is 0 Å². The van der Waals surface area contributed by atoms with Crippen LogP contribution in [0.3, 0.4) is 0 Å². The number of para-hydroxylation sites is 1. The number of aromatic nitrogens is 5.